The van der Waals surface area contributed by atoms with E-state index in [9.17, 15) is 4.79 Å². The molecule has 3 nitrogen and oxygen atoms in total. The van der Waals surface area contributed by atoms with E-state index in [4.69, 9.17) is 16.3 Å². The van der Waals surface area contributed by atoms with Crippen LogP contribution in [0.2, 0.25) is 5.02 Å². The lowest BCUT2D eigenvalue weighted by molar-refractivity contribution is -0.129. The minimum atomic E-state index is -0.858. The molecule has 0 radical (unpaired) electrons. The van der Waals surface area contributed by atoms with Gasteiger partial charge in [0.15, 0.2) is 11.4 Å². The van der Waals surface area contributed by atoms with Gasteiger partial charge in [-0.15, -0.1) is 0 Å². The first-order valence-corrected chi connectivity index (χ1v) is 5.57. The first-order chi connectivity index (χ1) is 6.90. The van der Waals surface area contributed by atoms with Gasteiger partial charge in [-0.1, -0.05) is 11.6 Å². The Morgan fingerprint density at radius 1 is 1.47 bits per heavy atom. The van der Waals surface area contributed by atoms with Gasteiger partial charge in [0.05, 0.1) is 10.2 Å². The normalized spacial score (nSPS) is 17.7. The van der Waals surface area contributed by atoms with Crippen molar-refractivity contribution in [3.63, 3.8) is 0 Å². The van der Waals surface area contributed by atoms with Crippen molar-refractivity contribution in [1.29, 1.82) is 0 Å². The van der Waals surface area contributed by atoms with Crippen molar-refractivity contribution in [2.45, 2.75) is 19.4 Å². The van der Waals surface area contributed by atoms with Crippen LogP contribution in [0.25, 0.3) is 0 Å². The third-order valence-corrected chi connectivity index (χ3v) is 2.97. The molecule has 15 heavy (non-hydrogen) atoms. The molecule has 0 spiro atoms. The largest absolute Gasteiger partial charge is 0.475 e. The van der Waals surface area contributed by atoms with Crippen LogP contribution in [0.15, 0.2) is 16.6 Å². The fraction of sp³-hybridized carbons (Fsp3) is 0.300. The van der Waals surface area contributed by atoms with Gasteiger partial charge in [-0.25, -0.2) is 0 Å². The minimum Gasteiger partial charge on any atom is -0.475 e. The molecule has 1 aliphatic heterocycles. The molecule has 1 N–H and O–H groups in total. The van der Waals surface area contributed by atoms with Crippen LogP contribution in [0.4, 0.5) is 5.69 Å². The van der Waals surface area contributed by atoms with E-state index in [0.717, 1.165) is 4.47 Å². The van der Waals surface area contributed by atoms with Crippen molar-refractivity contribution in [3.8, 4) is 5.75 Å². The number of hydrogen-bond acceptors (Lipinski definition) is 2. The fourth-order valence-corrected chi connectivity index (χ4v) is 2.22. The number of nitrogens with one attached hydrogen (secondary N) is 1. The second-order valence-electron chi connectivity index (χ2n) is 3.83. The Hall–Kier alpha value is -0.740. The number of hydrogen-bond donors (Lipinski definition) is 1. The first kappa shape index (κ1) is 10.8. The summed E-state index contributed by atoms with van der Waals surface area (Å²) in [4.78, 5) is 11.6. The SMILES string of the molecule is CC1(C)Oc2c(Br)cc(Cl)cc2NC1=O. The predicted octanol–water partition coefficient (Wildman–Crippen LogP) is 3.21. The molecule has 2 rings (SSSR count). The Morgan fingerprint density at radius 2 is 2.13 bits per heavy atom. The van der Waals surface area contributed by atoms with Crippen LogP contribution in [0.5, 0.6) is 5.75 Å². The standard InChI is InChI=1S/C10H9BrClNO2/c1-10(2)9(14)13-7-4-5(12)3-6(11)8(7)15-10/h3-4H,1-2H3,(H,13,14). The highest BCUT2D eigenvalue weighted by Crippen LogP contribution is 2.41. The lowest BCUT2D eigenvalue weighted by Gasteiger charge is -2.32. The summed E-state index contributed by atoms with van der Waals surface area (Å²) in [5, 5.41) is 3.30. The highest BCUT2D eigenvalue weighted by molar-refractivity contribution is 9.10. The maximum atomic E-state index is 11.6. The van der Waals surface area contributed by atoms with Crippen LogP contribution in [0.1, 0.15) is 13.8 Å². The molecule has 0 saturated carbocycles. The fourth-order valence-electron chi connectivity index (χ4n) is 1.33. The Balaban J connectivity index is 2.55. The highest BCUT2D eigenvalue weighted by atomic mass is 79.9. The van der Waals surface area contributed by atoms with Crippen LogP contribution in [-0.4, -0.2) is 11.5 Å². The number of ether oxygens (including phenoxy) is 1. The number of rotatable bonds is 0. The third kappa shape index (κ3) is 1.84. The van der Waals surface area contributed by atoms with E-state index in [-0.39, 0.29) is 5.91 Å². The number of amides is 1. The van der Waals surface area contributed by atoms with Gasteiger partial charge >= 0.3 is 0 Å². The molecule has 0 bridgehead atoms. The average Bonchev–Trinajstić information content (AvgIpc) is 2.09. The molecule has 0 aliphatic carbocycles. The second kappa shape index (κ2) is 3.39. The molecule has 0 fully saturated rings. The zero-order valence-electron chi connectivity index (χ0n) is 8.23. The lowest BCUT2D eigenvalue weighted by atomic mass is 10.1. The second-order valence-corrected chi connectivity index (χ2v) is 5.12. The van der Waals surface area contributed by atoms with Crippen LogP contribution in [0.3, 0.4) is 0 Å². The van der Waals surface area contributed by atoms with Crippen LogP contribution < -0.4 is 10.1 Å². The number of fused-ring (bicyclic) bond motifs is 1. The summed E-state index contributed by atoms with van der Waals surface area (Å²) in [6.07, 6.45) is 0. The number of carbonyl (C=O) groups is 1. The molecular formula is C10H9BrClNO2. The number of halogens is 2. The number of benzene rings is 1. The summed E-state index contributed by atoms with van der Waals surface area (Å²) in [6.45, 7) is 3.43. The maximum absolute atomic E-state index is 11.6. The van der Waals surface area contributed by atoms with Crippen molar-refractivity contribution in [1.82, 2.24) is 0 Å². The summed E-state index contributed by atoms with van der Waals surface area (Å²) in [5.74, 6) is 0.438. The molecule has 80 valence electrons. The van der Waals surface area contributed by atoms with E-state index < -0.39 is 5.60 Å². The first-order valence-electron chi connectivity index (χ1n) is 4.40. The molecule has 0 aromatic heterocycles. The van der Waals surface area contributed by atoms with Gasteiger partial charge < -0.3 is 10.1 Å². The van der Waals surface area contributed by atoms with E-state index in [2.05, 4.69) is 21.2 Å². The van der Waals surface area contributed by atoms with Crippen LogP contribution in [0, 0.1) is 0 Å². The highest BCUT2D eigenvalue weighted by Gasteiger charge is 2.36. The predicted molar refractivity (Wildman–Crippen MR) is 62.5 cm³/mol. The Labute approximate surface area is 101 Å². The number of carbonyl (C=O) groups excluding carboxylic acids is 1. The van der Waals surface area contributed by atoms with Crippen molar-refractivity contribution in [3.05, 3.63) is 21.6 Å². The molecule has 0 unspecified atom stereocenters. The third-order valence-electron chi connectivity index (χ3n) is 2.16. The van der Waals surface area contributed by atoms with E-state index in [1.54, 1.807) is 26.0 Å². The monoisotopic (exact) mass is 289 g/mol. The summed E-state index contributed by atoms with van der Waals surface area (Å²) in [5.41, 5.74) is -0.262. The minimum absolute atomic E-state index is 0.177. The van der Waals surface area contributed by atoms with Gasteiger partial charge in [0.25, 0.3) is 5.91 Å². The average molecular weight is 291 g/mol. The van der Waals surface area contributed by atoms with Crippen LogP contribution in [-0.2, 0) is 4.79 Å². The molecule has 1 aromatic rings. The zero-order valence-corrected chi connectivity index (χ0v) is 10.6. The summed E-state index contributed by atoms with van der Waals surface area (Å²) < 4.78 is 6.33. The molecule has 0 saturated heterocycles. The molecule has 0 atom stereocenters. The van der Waals surface area contributed by atoms with Gasteiger partial charge in [0.1, 0.15) is 0 Å². The molecule has 1 aliphatic rings. The van der Waals surface area contributed by atoms with Gasteiger partial charge in [-0.05, 0) is 41.9 Å². The Bertz CT molecular complexity index is 445. The number of anilines is 1. The quantitative estimate of drug-likeness (QED) is 0.797. The van der Waals surface area contributed by atoms with E-state index in [1.807, 2.05) is 0 Å². The molecule has 1 aromatic carbocycles. The topological polar surface area (TPSA) is 38.3 Å². The van der Waals surface area contributed by atoms with Gasteiger partial charge in [0, 0.05) is 5.02 Å². The van der Waals surface area contributed by atoms with Crippen molar-refractivity contribution >= 4 is 39.1 Å². The van der Waals surface area contributed by atoms with Crippen molar-refractivity contribution in [2.75, 3.05) is 5.32 Å². The Kier molecular flexibility index (Phi) is 2.43. The van der Waals surface area contributed by atoms with Gasteiger partial charge in [0.2, 0.25) is 0 Å². The summed E-state index contributed by atoms with van der Waals surface area (Å²) >= 11 is 9.21. The van der Waals surface area contributed by atoms with Crippen molar-refractivity contribution < 1.29 is 9.53 Å². The van der Waals surface area contributed by atoms with Crippen molar-refractivity contribution in [2.24, 2.45) is 0 Å². The summed E-state index contributed by atoms with van der Waals surface area (Å²) in [6, 6.07) is 3.39. The lowest BCUT2D eigenvalue weighted by Crippen LogP contribution is -2.45. The molecule has 1 amide bonds. The van der Waals surface area contributed by atoms with Crippen LogP contribution >= 0.6 is 27.5 Å². The van der Waals surface area contributed by atoms with E-state index in [0.29, 0.717) is 16.5 Å². The summed E-state index contributed by atoms with van der Waals surface area (Å²) in [7, 11) is 0. The zero-order chi connectivity index (χ0) is 11.2. The maximum Gasteiger partial charge on any atom is 0.268 e. The van der Waals surface area contributed by atoms with E-state index in [1.165, 1.54) is 0 Å². The molecular weight excluding hydrogens is 281 g/mol. The van der Waals surface area contributed by atoms with E-state index >= 15 is 0 Å². The smallest absolute Gasteiger partial charge is 0.268 e. The Morgan fingerprint density at radius 3 is 2.80 bits per heavy atom. The van der Waals surface area contributed by atoms with Gasteiger partial charge in [-0.3, -0.25) is 4.79 Å². The molecule has 1 heterocycles. The van der Waals surface area contributed by atoms with Gasteiger partial charge in [-0.2, -0.15) is 0 Å². The molecule has 5 heteroatoms.